The van der Waals surface area contributed by atoms with Crippen molar-refractivity contribution in [2.45, 2.75) is 19.9 Å². The smallest absolute Gasteiger partial charge is 0.107 e. The number of rotatable bonds is 3. The van der Waals surface area contributed by atoms with E-state index < -0.39 is 0 Å². The van der Waals surface area contributed by atoms with Crippen LogP contribution in [0.1, 0.15) is 27.6 Å². The predicted octanol–water partition coefficient (Wildman–Crippen LogP) is 5.09. The van der Waals surface area contributed by atoms with Crippen molar-refractivity contribution < 1.29 is 0 Å². The predicted molar refractivity (Wildman–Crippen MR) is 83.8 cm³/mol. The first-order chi connectivity index (χ1) is 8.51. The zero-order valence-electron chi connectivity index (χ0n) is 10.6. The molecule has 96 valence electrons. The average Bonchev–Trinajstić information content (AvgIpc) is 2.58. The van der Waals surface area contributed by atoms with E-state index in [0.29, 0.717) is 0 Å². The van der Waals surface area contributed by atoms with Gasteiger partial charge in [0.1, 0.15) is 4.34 Å². The molecule has 1 heterocycles. The van der Waals surface area contributed by atoms with Gasteiger partial charge in [-0.05, 0) is 48.5 Å². The lowest BCUT2D eigenvalue weighted by molar-refractivity contribution is 0.702. The average molecular weight is 345 g/mol. The van der Waals surface area contributed by atoms with Gasteiger partial charge >= 0.3 is 0 Å². The van der Waals surface area contributed by atoms with Crippen LogP contribution in [0.15, 0.2) is 28.7 Å². The van der Waals surface area contributed by atoms with Crippen molar-refractivity contribution >= 4 is 38.9 Å². The molecule has 0 aliphatic rings. The second-order valence-electron chi connectivity index (χ2n) is 4.41. The van der Waals surface area contributed by atoms with Gasteiger partial charge in [0, 0.05) is 9.35 Å². The summed E-state index contributed by atoms with van der Waals surface area (Å²) < 4.78 is 1.77. The first-order valence-electron chi connectivity index (χ1n) is 5.71. The Morgan fingerprint density at radius 3 is 2.22 bits per heavy atom. The van der Waals surface area contributed by atoms with Crippen LogP contribution in [0.25, 0.3) is 0 Å². The number of thiophene rings is 1. The molecule has 0 aliphatic heterocycles. The summed E-state index contributed by atoms with van der Waals surface area (Å²) in [6.07, 6.45) is 0. The Kier molecular flexibility index (Phi) is 4.49. The fourth-order valence-electron chi connectivity index (χ4n) is 2.16. The quantitative estimate of drug-likeness (QED) is 0.818. The molecule has 0 saturated heterocycles. The molecule has 0 bridgehead atoms. The highest BCUT2D eigenvalue weighted by molar-refractivity contribution is 9.10. The van der Waals surface area contributed by atoms with Crippen LogP contribution in [0, 0.1) is 13.8 Å². The molecule has 0 spiro atoms. The maximum absolute atomic E-state index is 6.12. The molecule has 1 nitrogen and oxygen atoms in total. The summed E-state index contributed by atoms with van der Waals surface area (Å²) in [7, 11) is 1.98. The third kappa shape index (κ3) is 2.97. The number of nitrogens with one attached hydrogen (secondary N) is 1. The molecule has 4 heteroatoms. The summed E-state index contributed by atoms with van der Waals surface area (Å²) in [5, 5.41) is 3.36. The van der Waals surface area contributed by atoms with Gasteiger partial charge < -0.3 is 5.32 Å². The normalized spacial score (nSPS) is 12.7. The minimum Gasteiger partial charge on any atom is -0.309 e. The number of hydrogen-bond donors (Lipinski definition) is 1. The Morgan fingerprint density at radius 2 is 1.78 bits per heavy atom. The molecule has 1 aromatic heterocycles. The molecule has 1 atom stereocenters. The summed E-state index contributed by atoms with van der Waals surface area (Å²) in [5.41, 5.74) is 3.85. The zero-order chi connectivity index (χ0) is 13.3. The fourth-order valence-corrected chi connectivity index (χ4v) is 4.03. The van der Waals surface area contributed by atoms with Crippen LogP contribution in [-0.4, -0.2) is 7.05 Å². The monoisotopic (exact) mass is 343 g/mol. The maximum Gasteiger partial charge on any atom is 0.107 e. The Bertz CT molecular complexity index is 525. The van der Waals surface area contributed by atoms with Gasteiger partial charge in [0.15, 0.2) is 0 Å². The van der Waals surface area contributed by atoms with Gasteiger partial charge in [0.05, 0.1) is 6.04 Å². The number of hydrogen-bond acceptors (Lipinski definition) is 2. The van der Waals surface area contributed by atoms with E-state index in [0.717, 1.165) is 8.81 Å². The first-order valence-corrected chi connectivity index (χ1v) is 7.70. The van der Waals surface area contributed by atoms with Gasteiger partial charge in [-0.25, -0.2) is 0 Å². The van der Waals surface area contributed by atoms with Crippen molar-refractivity contribution in [1.29, 1.82) is 0 Å². The van der Waals surface area contributed by atoms with Gasteiger partial charge in [-0.1, -0.05) is 40.9 Å². The van der Waals surface area contributed by atoms with Crippen molar-refractivity contribution in [3.8, 4) is 0 Å². The molecule has 2 rings (SSSR count). The maximum atomic E-state index is 6.12. The zero-order valence-corrected chi connectivity index (χ0v) is 13.7. The summed E-state index contributed by atoms with van der Waals surface area (Å²) in [5.74, 6) is 0. The lowest BCUT2D eigenvalue weighted by atomic mass is 10.0. The molecular formula is C14H15BrClNS. The second kappa shape index (κ2) is 5.74. The fraction of sp³-hybridized carbons (Fsp3) is 0.286. The molecule has 2 aromatic rings. The minimum atomic E-state index is 0.192. The van der Waals surface area contributed by atoms with Gasteiger partial charge in [-0.2, -0.15) is 0 Å². The van der Waals surface area contributed by atoms with Gasteiger partial charge in [0.25, 0.3) is 0 Å². The molecule has 0 saturated carbocycles. The van der Waals surface area contributed by atoms with E-state index in [9.17, 15) is 0 Å². The number of benzene rings is 1. The molecule has 0 aliphatic carbocycles. The first kappa shape index (κ1) is 14.1. The van der Waals surface area contributed by atoms with Crippen molar-refractivity contribution in [2.75, 3.05) is 7.05 Å². The van der Waals surface area contributed by atoms with Gasteiger partial charge in [0.2, 0.25) is 0 Å². The highest BCUT2D eigenvalue weighted by Crippen LogP contribution is 2.37. The van der Waals surface area contributed by atoms with E-state index in [1.807, 2.05) is 7.05 Å². The molecule has 18 heavy (non-hydrogen) atoms. The third-order valence-corrected chi connectivity index (χ3v) is 5.35. The van der Waals surface area contributed by atoms with E-state index in [-0.39, 0.29) is 6.04 Å². The van der Waals surface area contributed by atoms with Crippen LogP contribution in [0.4, 0.5) is 0 Å². The summed E-state index contributed by atoms with van der Waals surface area (Å²) in [6.45, 7) is 4.25. The molecule has 1 aromatic carbocycles. The second-order valence-corrected chi connectivity index (χ2v) is 6.95. The molecule has 0 radical (unpaired) electrons. The van der Waals surface area contributed by atoms with Crippen LogP contribution in [0.5, 0.6) is 0 Å². The molecule has 0 amide bonds. The van der Waals surface area contributed by atoms with Crippen LogP contribution >= 0.6 is 38.9 Å². The van der Waals surface area contributed by atoms with Crippen LogP contribution < -0.4 is 5.32 Å². The summed E-state index contributed by atoms with van der Waals surface area (Å²) >= 11 is 11.2. The lowest BCUT2D eigenvalue weighted by Crippen LogP contribution is -2.16. The molecule has 1 N–H and O–H groups in total. The molecule has 1 unspecified atom stereocenters. The Balaban J connectivity index is 2.44. The lowest BCUT2D eigenvalue weighted by Gasteiger charge is -2.16. The van der Waals surface area contributed by atoms with Crippen molar-refractivity contribution in [2.24, 2.45) is 0 Å². The van der Waals surface area contributed by atoms with E-state index >= 15 is 0 Å². The van der Waals surface area contributed by atoms with Crippen LogP contribution in [0.2, 0.25) is 4.34 Å². The van der Waals surface area contributed by atoms with Crippen LogP contribution in [-0.2, 0) is 0 Å². The SMILES string of the molecule is CNC(c1cc(C)cc(C)c1)c1cc(Br)c(Cl)s1. The van der Waals surface area contributed by atoms with E-state index in [2.05, 4.69) is 59.4 Å². The summed E-state index contributed by atoms with van der Waals surface area (Å²) in [4.78, 5) is 1.22. The summed E-state index contributed by atoms with van der Waals surface area (Å²) in [6, 6.07) is 8.91. The van der Waals surface area contributed by atoms with Crippen molar-refractivity contribution in [1.82, 2.24) is 5.32 Å². The van der Waals surface area contributed by atoms with Gasteiger partial charge in [-0.15, -0.1) is 11.3 Å². The van der Waals surface area contributed by atoms with E-state index in [4.69, 9.17) is 11.6 Å². The highest BCUT2D eigenvalue weighted by Gasteiger charge is 2.16. The van der Waals surface area contributed by atoms with Crippen molar-refractivity contribution in [3.63, 3.8) is 0 Å². The minimum absolute atomic E-state index is 0.192. The Morgan fingerprint density at radius 1 is 1.17 bits per heavy atom. The Labute approximate surface area is 125 Å². The molecule has 0 fully saturated rings. The third-order valence-electron chi connectivity index (χ3n) is 2.81. The van der Waals surface area contributed by atoms with Crippen molar-refractivity contribution in [3.05, 3.63) is 54.6 Å². The largest absolute Gasteiger partial charge is 0.309 e. The molecular weight excluding hydrogens is 330 g/mol. The standard InChI is InChI=1S/C14H15BrClNS/c1-8-4-9(2)6-10(5-8)13(17-3)12-7-11(15)14(16)18-12/h4-7,13,17H,1-3H3. The number of aryl methyl sites for hydroxylation is 2. The van der Waals surface area contributed by atoms with E-state index in [1.54, 1.807) is 11.3 Å². The van der Waals surface area contributed by atoms with Crippen LogP contribution in [0.3, 0.4) is 0 Å². The van der Waals surface area contributed by atoms with E-state index in [1.165, 1.54) is 21.6 Å². The van der Waals surface area contributed by atoms with Gasteiger partial charge in [-0.3, -0.25) is 0 Å². The highest BCUT2D eigenvalue weighted by atomic mass is 79.9. The Hall–Kier alpha value is -0.350. The number of halogens is 2. The topological polar surface area (TPSA) is 12.0 Å².